The average Bonchev–Trinajstić information content (AvgIpc) is 2.16. The molecule has 1 nitrogen and oxygen atoms in total. The zero-order valence-corrected chi connectivity index (χ0v) is 8.38. The van der Waals surface area contributed by atoms with Crippen LogP contribution in [-0.4, -0.2) is 4.98 Å². The van der Waals surface area contributed by atoms with Gasteiger partial charge in [-0.15, -0.1) is 0 Å². The Morgan fingerprint density at radius 1 is 1.31 bits per heavy atom. The van der Waals surface area contributed by atoms with E-state index in [9.17, 15) is 0 Å². The molecule has 0 aliphatic carbocycles. The molecule has 66 valence electrons. The van der Waals surface area contributed by atoms with Crippen LogP contribution in [0.2, 0.25) is 0 Å². The van der Waals surface area contributed by atoms with E-state index >= 15 is 0 Å². The SMILES string of the molecule is Cc1cc(CS)c2ccccc2n1. The van der Waals surface area contributed by atoms with Gasteiger partial charge in [0, 0.05) is 16.8 Å². The highest BCUT2D eigenvalue weighted by Gasteiger charge is 2.00. The lowest BCUT2D eigenvalue weighted by molar-refractivity contribution is 1.23. The monoisotopic (exact) mass is 189 g/mol. The van der Waals surface area contributed by atoms with Crippen molar-refractivity contribution in [2.24, 2.45) is 0 Å². The summed E-state index contributed by atoms with van der Waals surface area (Å²) < 4.78 is 0. The minimum atomic E-state index is 0.768. The minimum absolute atomic E-state index is 0.768. The molecule has 0 aliphatic rings. The topological polar surface area (TPSA) is 12.9 Å². The summed E-state index contributed by atoms with van der Waals surface area (Å²) in [4.78, 5) is 4.45. The number of rotatable bonds is 1. The molecule has 0 fully saturated rings. The third-order valence-corrected chi connectivity index (χ3v) is 2.44. The fraction of sp³-hybridized carbons (Fsp3) is 0.182. The van der Waals surface area contributed by atoms with Gasteiger partial charge in [0.25, 0.3) is 0 Å². The summed E-state index contributed by atoms with van der Waals surface area (Å²) in [5.74, 6) is 0.768. The van der Waals surface area contributed by atoms with Crippen LogP contribution in [0, 0.1) is 6.92 Å². The summed E-state index contributed by atoms with van der Waals surface area (Å²) >= 11 is 4.31. The second kappa shape index (κ2) is 3.38. The van der Waals surface area contributed by atoms with E-state index in [1.54, 1.807) is 0 Å². The molecular formula is C11H11NS. The van der Waals surface area contributed by atoms with Gasteiger partial charge >= 0.3 is 0 Å². The van der Waals surface area contributed by atoms with Crippen molar-refractivity contribution in [3.8, 4) is 0 Å². The molecule has 2 aromatic rings. The number of aromatic nitrogens is 1. The molecular weight excluding hydrogens is 178 g/mol. The highest BCUT2D eigenvalue weighted by molar-refractivity contribution is 7.79. The molecule has 1 aromatic heterocycles. The predicted molar refractivity (Wildman–Crippen MR) is 59.2 cm³/mol. The molecule has 0 aliphatic heterocycles. The minimum Gasteiger partial charge on any atom is -0.253 e. The van der Waals surface area contributed by atoms with E-state index < -0.39 is 0 Å². The molecule has 13 heavy (non-hydrogen) atoms. The highest BCUT2D eigenvalue weighted by Crippen LogP contribution is 2.19. The van der Waals surface area contributed by atoms with Crippen LogP contribution in [0.4, 0.5) is 0 Å². The molecule has 0 amide bonds. The smallest absolute Gasteiger partial charge is 0.0708 e. The van der Waals surface area contributed by atoms with Gasteiger partial charge in [0.1, 0.15) is 0 Å². The second-order valence-electron chi connectivity index (χ2n) is 3.10. The zero-order valence-electron chi connectivity index (χ0n) is 7.49. The van der Waals surface area contributed by atoms with Crippen LogP contribution in [0.25, 0.3) is 10.9 Å². The number of hydrogen-bond acceptors (Lipinski definition) is 2. The number of aryl methyl sites for hydroxylation is 1. The number of fused-ring (bicyclic) bond motifs is 1. The Balaban J connectivity index is 2.81. The molecule has 0 N–H and O–H groups in total. The highest BCUT2D eigenvalue weighted by atomic mass is 32.1. The van der Waals surface area contributed by atoms with Crippen LogP contribution >= 0.6 is 12.6 Å². The van der Waals surface area contributed by atoms with Gasteiger partial charge < -0.3 is 0 Å². The molecule has 0 atom stereocenters. The van der Waals surface area contributed by atoms with Gasteiger partial charge in [-0.05, 0) is 24.6 Å². The van der Waals surface area contributed by atoms with Crippen molar-refractivity contribution in [2.45, 2.75) is 12.7 Å². The lowest BCUT2D eigenvalue weighted by Crippen LogP contribution is -1.88. The Hall–Kier alpha value is -1.02. The first-order valence-electron chi connectivity index (χ1n) is 4.27. The second-order valence-corrected chi connectivity index (χ2v) is 3.41. The Morgan fingerprint density at radius 2 is 2.08 bits per heavy atom. The van der Waals surface area contributed by atoms with Gasteiger partial charge in [-0.3, -0.25) is 4.98 Å². The number of thiol groups is 1. The van der Waals surface area contributed by atoms with Crippen molar-refractivity contribution in [3.05, 3.63) is 41.6 Å². The van der Waals surface area contributed by atoms with Gasteiger partial charge in [0.15, 0.2) is 0 Å². The van der Waals surface area contributed by atoms with Gasteiger partial charge in [0.2, 0.25) is 0 Å². The fourth-order valence-corrected chi connectivity index (χ4v) is 1.79. The standard InChI is InChI=1S/C11H11NS/c1-8-6-9(7-13)10-4-2-3-5-11(10)12-8/h2-6,13H,7H2,1H3. The van der Waals surface area contributed by atoms with Crippen molar-refractivity contribution in [2.75, 3.05) is 0 Å². The summed E-state index contributed by atoms with van der Waals surface area (Å²) in [6.45, 7) is 2.01. The Kier molecular flexibility index (Phi) is 2.23. The Bertz CT molecular complexity index is 437. The van der Waals surface area contributed by atoms with Crippen molar-refractivity contribution >= 4 is 23.5 Å². The average molecular weight is 189 g/mol. The van der Waals surface area contributed by atoms with Gasteiger partial charge in [-0.2, -0.15) is 12.6 Å². The Labute approximate surface area is 83.2 Å². The maximum absolute atomic E-state index is 4.45. The van der Waals surface area contributed by atoms with Crippen molar-refractivity contribution < 1.29 is 0 Å². The largest absolute Gasteiger partial charge is 0.253 e. The quantitative estimate of drug-likeness (QED) is 0.680. The summed E-state index contributed by atoms with van der Waals surface area (Å²) in [6, 6.07) is 10.3. The maximum atomic E-state index is 4.45. The summed E-state index contributed by atoms with van der Waals surface area (Å²) in [6.07, 6.45) is 0. The predicted octanol–water partition coefficient (Wildman–Crippen LogP) is 2.97. The van der Waals surface area contributed by atoms with Gasteiger partial charge in [-0.1, -0.05) is 18.2 Å². The molecule has 2 rings (SSSR count). The molecule has 0 saturated heterocycles. The van der Waals surface area contributed by atoms with Crippen LogP contribution in [0.15, 0.2) is 30.3 Å². The number of benzene rings is 1. The molecule has 1 heterocycles. The maximum Gasteiger partial charge on any atom is 0.0708 e. The lowest BCUT2D eigenvalue weighted by Gasteiger charge is -2.04. The van der Waals surface area contributed by atoms with E-state index in [-0.39, 0.29) is 0 Å². The lowest BCUT2D eigenvalue weighted by atomic mass is 10.1. The van der Waals surface area contributed by atoms with Crippen LogP contribution in [0.5, 0.6) is 0 Å². The molecule has 0 radical (unpaired) electrons. The van der Waals surface area contributed by atoms with E-state index in [4.69, 9.17) is 0 Å². The van der Waals surface area contributed by atoms with Crippen LogP contribution in [0.3, 0.4) is 0 Å². The van der Waals surface area contributed by atoms with E-state index in [2.05, 4.69) is 29.7 Å². The third-order valence-electron chi connectivity index (χ3n) is 2.10. The Morgan fingerprint density at radius 3 is 2.85 bits per heavy atom. The molecule has 0 unspecified atom stereocenters. The van der Waals surface area contributed by atoms with Gasteiger partial charge in [-0.25, -0.2) is 0 Å². The van der Waals surface area contributed by atoms with E-state index in [0.29, 0.717) is 0 Å². The molecule has 2 heteroatoms. The van der Waals surface area contributed by atoms with Crippen molar-refractivity contribution in [1.82, 2.24) is 4.98 Å². The van der Waals surface area contributed by atoms with E-state index in [1.807, 2.05) is 25.1 Å². The van der Waals surface area contributed by atoms with Crippen molar-refractivity contribution in [3.63, 3.8) is 0 Å². The molecule has 1 aromatic carbocycles. The third kappa shape index (κ3) is 1.54. The summed E-state index contributed by atoms with van der Waals surface area (Å²) in [7, 11) is 0. The fourth-order valence-electron chi connectivity index (χ4n) is 1.53. The van der Waals surface area contributed by atoms with Gasteiger partial charge in [0.05, 0.1) is 5.52 Å². The molecule has 0 spiro atoms. The first-order chi connectivity index (χ1) is 6.31. The van der Waals surface area contributed by atoms with Crippen LogP contribution in [-0.2, 0) is 5.75 Å². The van der Waals surface area contributed by atoms with Crippen molar-refractivity contribution in [1.29, 1.82) is 0 Å². The van der Waals surface area contributed by atoms with E-state index in [1.165, 1.54) is 10.9 Å². The normalized spacial score (nSPS) is 10.6. The number of pyridine rings is 1. The first-order valence-corrected chi connectivity index (χ1v) is 4.90. The van der Waals surface area contributed by atoms with Crippen LogP contribution in [0.1, 0.15) is 11.3 Å². The van der Waals surface area contributed by atoms with E-state index in [0.717, 1.165) is 17.0 Å². The number of hydrogen-bond donors (Lipinski definition) is 1. The molecule has 0 bridgehead atoms. The number of para-hydroxylation sites is 1. The zero-order chi connectivity index (χ0) is 9.26. The first kappa shape index (κ1) is 8.57. The summed E-state index contributed by atoms with van der Waals surface area (Å²) in [5, 5.41) is 1.21. The number of nitrogens with zero attached hydrogens (tertiary/aromatic N) is 1. The van der Waals surface area contributed by atoms with Crippen LogP contribution < -0.4 is 0 Å². The summed E-state index contributed by atoms with van der Waals surface area (Å²) in [5.41, 5.74) is 3.38. The molecule has 0 saturated carbocycles.